The number of methoxy groups -OCH3 is 1. The molecule has 1 aromatic carbocycles. The van der Waals surface area contributed by atoms with Crippen LogP contribution in [0.25, 0.3) is 0 Å². The number of hydrogen-bond acceptors (Lipinski definition) is 4. The minimum atomic E-state index is -0.311. The topological polar surface area (TPSA) is 47.3 Å². The average molecular weight is 294 g/mol. The highest BCUT2D eigenvalue weighted by Crippen LogP contribution is 2.31. The van der Waals surface area contributed by atoms with E-state index in [0.29, 0.717) is 17.7 Å². The highest BCUT2D eigenvalue weighted by molar-refractivity contribution is 7.11. The number of nitrogens with one attached hydrogen (secondary N) is 1. The summed E-state index contributed by atoms with van der Waals surface area (Å²) in [7, 11) is 1.53. The van der Waals surface area contributed by atoms with E-state index in [9.17, 15) is 4.39 Å². The number of benzene rings is 1. The van der Waals surface area contributed by atoms with Crippen LogP contribution >= 0.6 is 11.3 Å². The van der Waals surface area contributed by atoms with Gasteiger partial charge in [0.25, 0.3) is 0 Å². The van der Waals surface area contributed by atoms with Crippen molar-refractivity contribution in [3.05, 3.63) is 51.5 Å². The number of halogens is 1. The summed E-state index contributed by atoms with van der Waals surface area (Å²) >= 11 is 1.73. The lowest BCUT2D eigenvalue weighted by Crippen LogP contribution is -2.30. The van der Waals surface area contributed by atoms with Gasteiger partial charge in [0.2, 0.25) is 0 Å². The molecule has 0 spiro atoms. The van der Waals surface area contributed by atoms with Gasteiger partial charge in [0.05, 0.1) is 13.2 Å². The minimum Gasteiger partial charge on any atom is -0.496 e. The van der Waals surface area contributed by atoms with Gasteiger partial charge in [-0.15, -0.1) is 11.3 Å². The Labute approximate surface area is 122 Å². The standard InChI is InChI=1S/C15H19FN2OS/c1-3-10-7-8-11(20-10)9-13(18-17)15-12(16)5-4-6-14(15)19-2/h4-8,13,18H,3,9,17H2,1-2H3. The second-order valence-corrected chi connectivity index (χ2v) is 5.75. The highest BCUT2D eigenvalue weighted by Gasteiger charge is 2.20. The van der Waals surface area contributed by atoms with Crippen LogP contribution in [0.4, 0.5) is 4.39 Å². The number of ether oxygens (including phenoxy) is 1. The zero-order chi connectivity index (χ0) is 14.5. The SMILES string of the molecule is CCc1ccc(CC(NN)c2c(F)cccc2OC)s1. The van der Waals surface area contributed by atoms with Crippen molar-refractivity contribution in [2.45, 2.75) is 25.8 Å². The lowest BCUT2D eigenvalue weighted by atomic mass is 10.0. The normalized spacial score (nSPS) is 12.4. The summed E-state index contributed by atoms with van der Waals surface area (Å²) in [6.07, 6.45) is 1.65. The maximum absolute atomic E-state index is 14.1. The number of thiophene rings is 1. The third-order valence-electron chi connectivity index (χ3n) is 3.25. The molecule has 0 bridgehead atoms. The Bertz CT molecular complexity index is 571. The second kappa shape index (κ2) is 6.83. The quantitative estimate of drug-likeness (QED) is 0.635. The Kier molecular flexibility index (Phi) is 5.11. The van der Waals surface area contributed by atoms with Crippen LogP contribution < -0.4 is 16.0 Å². The third-order valence-corrected chi connectivity index (χ3v) is 4.51. The van der Waals surface area contributed by atoms with Crippen molar-refractivity contribution >= 4 is 11.3 Å². The maximum atomic E-state index is 14.1. The molecule has 3 N–H and O–H groups in total. The maximum Gasteiger partial charge on any atom is 0.131 e. The van der Waals surface area contributed by atoms with Crippen molar-refractivity contribution in [1.82, 2.24) is 5.43 Å². The number of nitrogens with two attached hydrogens (primary N) is 1. The number of aryl methyl sites for hydroxylation is 1. The van der Waals surface area contributed by atoms with Gasteiger partial charge in [-0.3, -0.25) is 11.3 Å². The van der Waals surface area contributed by atoms with Crippen molar-refractivity contribution in [2.75, 3.05) is 7.11 Å². The van der Waals surface area contributed by atoms with Crippen molar-refractivity contribution in [3.63, 3.8) is 0 Å². The van der Waals surface area contributed by atoms with Crippen LogP contribution in [0.3, 0.4) is 0 Å². The van der Waals surface area contributed by atoms with Gasteiger partial charge in [0.15, 0.2) is 0 Å². The van der Waals surface area contributed by atoms with E-state index in [1.807, 2.05) is 0 Å². The molecule has 0 aliphatic rings. The van der Waals surface area contributed by atoms with Crippen molar-refractivity contribution in [2.24, 2.45) is 5.84 Å². The summed E-state index contributed by atoms with van der Waals surface area (Å²) in [5.41, 5.74) is 3.17. The molecule has 1 unspecified atom stereocenters. The molecular weight excluding hydrogens is 275 g/mol. The zero-order valence-electron chi connectivity index (χ0n) is 11.7. The third kappa shape index (κ3) is 3.17. The fourth-order valence-corrected chi connectivity index (χ4v) is 3.20. The van der Waals surface area contributed by atoms with Crippen LogP contribution in [0.5, 0.6) is 5.75 Å². The Hall–Kier alpha value is -1.43. The lowest BCUT2D eigenvalue weighted by molar-refractivity contribution is 0.390. The lowest BCUT2D eigenvalue weighted by Gasteiger charge is -2.19. The molecule has 2 rings (SSSR count). The molecule has 108 valence electrons. The van der Waals surface area contributed by atoms with E-state index in [1.54, 1.807) is 23.5 Å². The molecule has 0 fully saturated rings. The molecule has 1 aromatic heterocycles. The van der Waals surface area contributed by atoms with Crippen molar-refractivity contribution in [3.8, 4) is 5.75 Å². The van der Waals surface area contributed by atoms with E-state index >= 15 is 0 Å². The molecule has 1 heterocycles. The van der Waals surface area contributed by atoms with Gasteiger partial charge in [0.1, 0.15) is 11.6 Å². The first-order valence-electron chi connectivity index (χ1n) is 6.55. The summed E-state index contributed by atoms with van der Waals surface area (Å²) in [5.74, 6) is 5.82. The molecule has 0 amide bonds. The van der Waals surface area contributed by atoms with Gasteiger partial charge in [0, 0.05) is 21.7 Å². The van der Waals surface area contributed by atoms with Crippen LogP contribution in [-0.4, -0.2) is 7.11 Å². The first-order chi connectivity index (χ1) is 9.69. The van der Waals surface area contributed by atoms with Gasteiger partial charge in [-0.05, 0) is 30.7 Å². The van der Waals surface area contributed by atoms with Crippen molar-refractivity contribution in [1.29, 1.82) is 0 Å². The van der Waals surface area contributed by atoms with Gasteiger partial charge in [-0.25, -0.2) is 4.39 Å². The minimum absolute atomic E-state index is 0.306. The van der Waals surface area contributed by atoms with Crippen LogP contribution in [-0.2, 0) is 12.8 Å². The molecule has 2 aromatic rings. The molecule has 0 saturated heterocycles. The second-order valence-electron chi connectivity index (χ2n) is 4.50. The Morgan fingerprint density at radius 2 is 2.05 bits per heavy atom. The van der Waals surface area contributed by atoms with E-state index in [0.717, 1.165) is 6.42 Å². The predicted octanol–water partition coefficient (Wildman–Crippen LogP) is 3.21. The molecule has 5 heteroatoms. The summed E-state index contributed by atoms with van der Waals surface area (Å²) in [6, 6.07) is 8.66. The summed E-state index contributed by atoms with van der Waals surface area (Å²) in [4.78, 5) is 2.49. The van der Waals surface area contributed by atoms with Crippen molar-refractivity contribution < 1.29 is 9.13 Å². The number of hydrazine groups is 1. The largest absolute Gasteiger partial charge is 0.496 e. The predicted molar refractivity (Wildman–Crippen MR) is 80.4 cm³/mol. The van der Waals surface area contributed by atoms with Crippen LogP contribution in [0, 0.1) is 5.82 Å². The molecule has 3 nitrogen and oxygen atoms in total. The number of rotatable bonds is 6. The smallest absolute Gasteiger partial charge is 0.131 e. The highest BCUT2D eigenvalue weighted by atomic mass is 32.1. The van der Waals surface area contributed by atoms with Gasteiger partial charge >= 0.3 is 0 Å². The monoisotopic (exact) mass is 294 g/mol. The van der Waals surface area contributed by atoms with Crippen LogP contribution in [0.1, 0.15) is 28.3 Å². The Balaban J connectivity index is 2.28. The molecule has 0 aliphatic heterocycles. The van der Waals surface area contributed by atoms with E-state index in [2.05, 4.69) is 24.5 Å². The van der Waals surface area contributed by atoms with Gasteiger partial charge in [-0.1, -0.05) is 13.0 Å². The first kappa shape index (κ1) is 15.0. The van der Waals surface area contributed by atoms with Gasteiger partial charge < -0.3 is 4.74 Å². The Morgan fingerprint density at radius 3 is 2.65 bits per heavy atom. The fraction of sp³-hybridized carbons (Fsp3) is 0.333. The van der Waals surface area contributed by atoms with Gasteiger partial charge in [-0.2, -0.15) is 0 Å². The van der Waals surface area contributed by atoms with Crippen LogP contribution in [0.2, 0.25) is 0 Å². The molecule has 20 heavy (non-hydrogen) atoms. The molecular formula is C15H19FN2OS. The van der Waals surface area contributed by atoms with E-state index in [1.165, 1.54) is 22.9 Å². The molecule has 0 radical (unpaired) electrons. The molecule has 0 aliphatic carbocycles. The Morgan fingerprint density at radius 1 is 1.30 bits per heavy atom. The van der Waals surface area contributed by atoms with E-state index in [4.69, 9.17) is 10.6 Å². The summed E-state index contributed by atoms with van der Waals surface area (Å²) in [6.45, 7) is 2.12. The first-order valence-corrected chi connectivity index (χ1v) is 7.37. The zero-order valence-corrected chi connectivity index (χ0v) is 12.5. The fourth-order valence-electron chi connectivity index (χ4n) is 2.20. The van der Waals surface area contributed by atoms with Crippen LogP contribution in [0.15, 0.2) is 30.3 Å². The summed E-state index contributed by atoms with van der Waals surface area (Å²) < 4.78 is 19.3. The summed E-state index contributed by atoms with van der Waals surface area (Å²) in [5, 5.41) is 0. The van der Waals surface area contributed by atoms with E-state index in [-0.39, 0.29) is 11.9 Å². The molecule has 1 atom stereocenters. The average Bonchev–Trinajstić information content (AvgIpc) is 2.92. The van der Waals surface area contributed by atoms with E-state index < -0.39 is 0 Å². The molecule has 0 saturated carbocycles. The number of hydrogen-bond donors (Lipinski definition) is 2.